The molecule has 0 unspecified atom stereocenters. The molecule has 8 heteroatoms. The lowest BCUT2D eigenvalue weighted by molar-refractivity contribution is 0.608. The molecular weight excluding hydrogens is 338 g/mol. The molecule has 4 nitrogen and oxygen atoms in total. The van der Waals surface area contributed by atoms with Gasteiger partial charge in [-0.2, -0.15) is 5.10 Å². The van der Waals surface area contributed by atoms with Crippen LogP contribution in [0.3, 0.4) is 0 Å². The Balaban J connectivity index is 2.01. The standard InChI is InChI=1S/C13H11Cl2FN2O2S/c14-13-12(21(15,19)20)11(9-3-4-9)17-18(13)7-8-1-5-10(16)6-2-8/h1-2,5-6,9H,3-4,7H2. The highest BCUT2D eigenvalue weighted by Gasteiger charge is 2.36. The molecule has 0 atom stereocenters. The van der Waals surface area contributed by atoms with Crippen molar-refractivity contribution in [2.24, 2.45) is 0 Å². The quantitative estimate of drug-likeness (QED) is 0.794. The van der Waals surface area contributed by atoms with E-state index in [0.29, 0.717) is 5.69 Å². The van der Waals surface area contributed by atoms with Crippen LogP contribution in [0.15, 0.2) is 29.2 Å². The van der Waals surface area contributed by atoms with Crippen LogP contribution in [0, 0.1) is 5.82 Å². The Hall–Kier alpha value is -1.11. The summed E-state index contributed by atoms with van der Waals surface area (Å²) in [7, 11) is 1.51. The Morgan fingerprint density at radius 1 is 1.29 bits per heavy atom. The van der Waals surface area contributed by atoms with Crippen LogP contribution < -0.4 is 0 Å². The maximum atomic E-state index is 12.9. The molecule has 0 saturated heterocycles. The zero-order chi connectivity index (χ0) is 15.2. The Bertz CT molecular complexity index is 783. The monoisotopic (exact) mass is 348 g/mol. The average Bonchev–Trinajstić information content (AvgIpc) is 3.17. The van der Waals surface area contributed by atoms with E-state index in [1.54, 1.807) is 12.1 Å². The highest BCUT2D eigenvalue weighted by molar-refractivity contribution is 8.13. The van der Waals surface area contributed by atoms with Gasteiger partial charge in [-0.3, -0.25) is 0 Å². The van der Waals surface area contributed by atoms with E-state index in [1.165, 1.54) is 16.8 Å². The van der Waals surface area contributed by atoms with Crippen LogP contribution >= 0.6 is 22.3 Å². The molecule has 21 heavy (non-hydrogen) atoms. The number of halogens is 3. The largest absolute Gasteiger partial charge is 0.266 e. The van der Waals surface area contributed by atoms with E-state index in [2.05, 4.69) is 5.10 Å². The summed E-state index contributed by atoms with van der Waals surface area (Å²) in [5, 5.41) is 4.28. The van der Waals surface area contributed by atoms with Crippen LogP contribution in [0.5, 0.6) is 0 Å². The third-order valence-electron chi connectivity index (χ3n) is 3.33. The molecule has 1 aliphatic carbocycles. The molecule has 0 aliphatic heterocycles. The first-order chi connectivity index (χ1) is 9.86. The zero-order valence-corrected chi connectivity index (χ0v) is 13.1. The second kappa shape index (κ2) is 5.26. The molecule has 1 fully saturated rings. The molecule has 1 aromatic carbocycles. The van der Waals surface area contributed by atoms with Crippen LogP contribution in [0.1, 0.15) is 30.0 Å². The van der Waals surface area contributed by atoms with Crippen LogP contribution in [0.4, 0.5) is 4.39 Å². The number of rotatable bonds is 4. The van der Waals surface area contributed by atoms with E-state index >= 15 is 0 Å². The van der Waals surface area contributed by atoms with Gasteiger partial charge in [0.25, 0.3) is 9.05 Å². The molecule has 0 bridgehead atoms. The van der Waals surface area contributed by atoms with Crippen molar-refractivity contribution >= 4 is 31.3 Å². The van der Waals surface area contributed by atoms with Gasteiger partial charge in [0.15, 0.2) is 0 Å². The molecular formula is C13H11Cl2FN2O2S. The fourth-order valence-electron chi connectivity index (χ4n) is 2.16. The van der Waals surface area contributed by atoms with Gasteiger partial charge in [-0.1, -0.05) is 23.7 Å². The molecule has 3 rings (SSSR count). The van der Waals surface area contributed by atoms with E-state index in [4.69, 9.17) is 22.3 Å². The summed E-state index contributed by atoms with van der Waals surface area (Å²) in [5.41, 5.74) is 1.19. The third kappa shape index (κ3) is 3.07. The second-order valence-electron chi connectivity index (χ2n) is 5.00. The lowest BCUT2D eigenvalue weighted by Gasteiger charge is -2.03. The highest BCUT2D eigenvalue weighted by atomic mass is 35.7. The minimum Gasteiger partial charge on any atom is -0.248 e. The van der Waals surface area contributed by atoms with E-state index in [0.717, 1.165) is 18.4 Å². The summed E-state index contributed by atoms with van der Waals surface area (Å²) >= 11 is 6.13. The van der Waals surface area contributed by atoms with Gasteiger partial charge in [0.1, 0.15) is 15.9 Å². The summed E-state index contributed by atoms with van der Waals surface area (Å²) in [6.07, 6.45) is 1.76. The molecule has 1 heterocycles. The maximum Gasteiger partial charge on any atom is 0.266 e. The number of nitrogens with zero attached hydrogens (tertiary/aromatic N) is 2. The van der Waals surface area contributed by atoms with E-state index < -0.39 is 9.05 Å². The van der Waals surface area contributed by atoms with Crippen molar-refractivity contribution in [2.75, 3.05) is 0 Å². The van der Waals surface area contributed by atoms with E-state index in [-0.39, 0.29) is 28.3 Å². The maximum absolute atomic E-state index is 12.9. The molecule has 1 aliphatic rings. The summed E-state index contributed by atoms with van der Waals surface area (Å²) in [5.74, 6) is -0.242. The van der Waals surface area contributed by atoms with Crippen molar-refractivity contribution in [3.05, 3.63) is 46.5 Å². The molecule has 0 radical (unpaired) electrons. The number of hydrogen-bond acceptors (Lipinski definition) is 3. The summed E-state index contributed by atoms with van der Waals surface area (Å²) in [6.45, 7) is 0.255. The summed E-state index contributed by atoms with van der Waals surface area (Å²) < 4.78 is 37.7. The lowest BCUT2D eigenvalue weighted by Crippen LogP contribution is -2.02. The topological polar surface area (TPSA) is 52.0 Å². The second-order valence-corrected chi connectivity index (χ2v) is 7.86. The first-order valence-electron chi connectivity index (χ1n) is 6.31. The highest BCUT2D eigenvalue weighted by Crippen LogP contribution is 2.45. The number of benzene rings is 1. The van der Waals surface area contributed by atoms with Crippen molar-refractivity contribution in [3.63, 3.8) is 0 Å². The fraction of sp³-hybridized carbons (Fsp3) is 0.308. The fourth-order valence-corrected chi connectivity index (χ4v) is 4.00. The van der Waals surface area contributed by atoms with Crippen molar-refractivity contribution in [2.45, 2.75) is 30.2 Å². The van der Waals surface area contributed by atoms with Gasteiger partial charge in [-0.05, 0) is 30.5 Å². The predicted octanol–water partition coefficient (Wildman–Crippen LogP) is 3.53. The predicted molar refractivity (Wildman–Crippen MR) is 77.8 cm³/mol. The Labute approximate surface area is 130 Å². The van der Waals surface area contributed by atoms with Crippen LogP contribution in [-0.4, -0.2) is 18.2 Å². The summed E-state index contributed by atoms with van der Waals surface area (Å²) in [6, 6.07) is 5.85. The van der Waals surface area contributed by atoms with Gasteiger partial charge in [-0.25, -0.2) is 17.5 Å². The van der Waals surface area contributed by atoms with Crippen molar-refractivity contribution < 1.29 is 12.8 Å². The van der Waals surface area contributed by atoms with Gasteiger partial charge < -0.3 is 0 Å². The molecule has 0 spiro atoms. The van der Waals surface area contributed by atoms with Crippen molar-refractivity contribution in [1.29, 1.82) is 0 Å². The van der Waals surface area contributed by atoms with Crippen LogP contribution in [-0.2, 0) is 15.6 Å². The van der Waals surface area contributed by atoms with Gasteiger partial charge in [0.05, 0.1) is 12.2 Å². The summed E-state index contributed by atoms with van der Waals surface area (Å²) in [4.78, 5) is -0.101. The van der Waals surface area contributed by atoms with E-state index in [1.807, 2.05) is 0 Å². The first-order valence-corrected chi connectivity index (χ1v) is 9.00. The molecule has 0 amide bonds. The van der Waals surface area contributed by atoms with Gasteiger partial charge in [-0.15, -0.1) is 0 Å². The smallest absolute Gasteiger partial charge is 0.248 e. The Morgan fingerprint density at radius 2 is 1.90 bits per heavy atom. The average molecular weight is 349 g/mol. The van der Waals surface area contributed by atoms with Gasteiger partial charge >= 0.3 is 0 Å². The zero-order valence-electron chi connectivity index (χ0n) is 10.8. The van der Waals surface area contributed by atoms with E-state index in [9.17, 15) is 12.8 Å². The van der Waals surface area contributed by atoms with Crippen molar-refractivity contribution in [1.82, 2.24) is 9.78 Å². The van der Waals surface area contributed by atoms with Crippen LogP contribution in [0.25, 0.3) is 0 Å². The normalized spacial score (nSPS) is 15.4. The minimum absolute atomic E-state index is 0.00350. The lowest BCUT2D eigenvalue weighted by atomic mass is 10.2. The first kappa shape index (κ1) is 14.8. The van der Waals surface area contributed by atoms with Gasteiger partial charge in [0.2, 0.25) is 0 Å². The Morgan fingerprint density at radius 3 is 2.43 bits per heavy atom. The number of hydrogen-bond donors (Lipinski definition) is 0. The molecule has 2 aromatic rings. The SMILES string of the molecule is O=S(=O)(Cl)c1c(C2CC2)nn(Cc2ccc(F)cc2)c1Cl. The van der Waals surface area contributed by atoms with Crippen LogP contribution in [0.2, 0.25) is 5.15 Å². The van der Waals surface area contributed by atoms with Gasteiger partial charge in [0, 0.05) is 16.6 Å². The van der Waals surface area contributed by atoms with Crippen molar-refractivity contribution in [3.8, 4) is 0 Å². The molecule has 1 saturated carbocycles. The molecule has 112 valence electrons. The molecule has 0 N–H and O–H groups in total. The minimum atomic E-state index is -3.95. The number of aromatic nitrogens is 2. The Kier molecular flexibility index (Phi) is 3.71. The third-order valence-corrected chi connectivity index (χ3v) is 5.18. The molecule has 1 aromatic heterocycles.